The summed E-state index contributed by atoms with van der Waals surface area (Å²) >= 11 is 1.55. The molecular weight excluding hydrogens is 394 g/mol. The van der Waals surface area contributed by atoms with Gasteiger partial charge in [0.1, 0.15) is 5.82 Å². The van der Waals surface area contributed by atoms with Crippen molar-refractivity contribution >= 4 is 23.4 Å². The Bertz CT molecular complexity index is 1080. The van der Waals surface area contributed by atoms with Gasteiger partial charge in [0.2, 0.25) is 0 Å². The Kier molecular flexibility index (Phi) is 5.39. The third-order valence-electron chi connectivity index (χ3n) is 5.66. The number of aryl methyl sites for hydroxylation is 1. The molecule has 1 atom stereocenters. The molecule has 0 unspecified atom stereocenters. The number of aromatic amines is 1. The van der Waals surface area contributed by atoms with E-state index in [4.69, 9.17) is 4.98 Å². The minimum Gasteiger partial charge on any atom is -0.343 e. The van der Waals surface area contributed by atoms with E-state index in [1.54, 1.807) is 11.8 Å². The molecular formula is C24H29N3O2S. The number of rotatable bonds is 4. The van der Waals surface area contributed by atoms with E-state index in [2.05, 4.69) is 38.0 Å². The quantitative estimate of drug-likeness (QED) is 0.533. The van der Waals surface area contributed by atoms with Gasteiger partial charge >= 0.3 is 0 Å². The zero-order chi connectivity index (χ0) is 21.6. The molecule has 30 heavy (non-hydrogen) atoms. The summed E-state index contributed by atoms with van der Waals surface area (Å²) in [5, 5.41) is 4.00. The number of Topliss-reactive ketones (excluding diaryl/α,β-unsaturated/α-hetero) is 1. The van der Waals surface area contributed by atoms with Crippen molar-refractivity contribution in [1.82, 2.24) is 9.97 Å². The Morgan fingerprint density at radius 3 is 2.53 bits per heavy atom. The molecule has 1 aromatic carbocycles. The number of thioether (sulfide) groups is 1. The summed E-state index contributed by atoms with van der Waals surface area (Å²) in [4.78, 5) is 34.1. The monoisotopic (exact) mass is 423 g/mol. The highest BCUT2D eigenvalue weighted by atomic mass is 32.2. The smallest absolute Gasteiger partial charge is 0.257 e. The van der Waals surface area contributed by atoms with Crippen molar-refractivity contribution in [1.29, 1.82) is 0 Å². The second-order valence-electron chi connectivity index (χ2n) is 9.64. The fourth-order valence-electron chi connectivity index (χ4n) is 4.30. The van der Waals surface area contributed by atoms with Crippen molar-refractivity contribution < 1.29 is 4.79 Å². The first kappa shape index (κ1) is 20.9. The molecule has 2 aliphatic rings. The SMILES string of the molecule is Cc1ccc([C@@H]2C3=C(CC(C)(C)CC3=O)Nc3nc(SCC(C)C)[nH]c(=O)c32)cc1. The van der Waals surface area contributed by atoms with Gasteiger partial charge in [0.15, 0.2) is 10.9 Å². The van der Waals surface area contributed by atoms with Crippen LogP contribution >= 0.6 is 11.8 Å². The lowest BCUT2D eigenvalue weighted by molar-refractivity contribution is -0.118. The van der Waals surface area contributed by atoms with E-state index < -0.39 is 0 Å². The maximum absolute atomic E-state index is 13.2. The van der Waals surface area contributed by atoms with Crippen LogP contribution < -0.4 is 10.9 Å². The minimum atomic E-state index is -0.388. The van der Waals surface area contributed by atoms with Crippen molar-refractivity contribution in [2.45, 2.75) is 58.5 Å². The molecule has 0 saturated heterocycles. The largest absolute Gasteiger partial charge is 0.343 e. The normalized spacial score (nSPS) is 20.1. The first-order chi connectivity index (χ1) is 14.1. The lowest BCUT2D eigenvalue weighted by Gasteiger charge is -2.38. The molecule has 1 aromatic heterocycles. The van der Waals surface area contributed by atoms with Gasteiger partial charge in [-0.05, 0) is 30.2 Å². The Balaban J connectivity index is 1.88. The second kappa shape index (κ2) is 7.73. The first-order valence-electron chi connectivity index (χ1n) is 10.5. The summed E-state index contributed by atoms with van der Waals surface area (Å²) in [6.45, 7) is 10.5. The maximum Gasteiger partial charge on any atom is 0.257 e. The summed E-state index contributed by atoms with van der Waals surface area (Å²) < 4.78 is 0. The van der Waals surface area contributed by atoms with Crippen molar-refractivity contribution in [2.24, 2.45) is 11.3 Å². The summed E-state index contributed by atoms with van der Waals surface area (Å²) in [6.07, 6.45) is 1.25. The average Bonchev–Trinajstić information content (AvgIpc) is 2.64. The van der Waals surface area contributed by atoms with Crippen molar-refractivity contribution in [3.8, 4) is 0 Å². The summed E-state index contributed by atoms with van der Waals surface area (Å²) in [5.74, 6) is 1.68. The van der Waals surface area contributed by atoms with E-state index in [0.29, 0.717) is 28.9 Å². The molecule has 4 rings (SSSR count). The number of allylic oxidation sites excluding steroid dienone is 2. The lowest BCUT2D eigenvalue weighted by atomic mass is 9.69. The van der Waals surface area contributed by atoms with Crippen LogP contribution in [-0.2, 0) is 4.79 Å². The number of aromatic nitrogens is 2. The van der Waals surface area contributed by atoms with Crippen LogP contribution in [0, 0.1) is 18.3 Å². The Hall–Kier alpha value is -2.34. The molecule has 6 heteroatoms. The number of carbonyl (C=O) groups excluding carboxylic acids is 1. The summed E-state index contributed by atoms with van der Waals surface area (Å²) in [7, 11) is 0. The Morgan fingerprint density at radius 1 is 1.17 bits per heavy atom. The molecule has 1 aliphatic carbocycles. The molecule has 1 aliphatic heterocycles. The standard InChI is InChI=1S/C24H29N3O2S/c1-13(2)12-30-23-26-21-20(22(29)27-23)18(15-8-6-14(3)7-9-15)19-16(25-21)10-24(4,5)11-17(19)28/h6-9,13,18H,10-12H2,1-5H3,(H2,25,26,27,29)/t18-/m1/s1. The van der Waals surface area contributed by atoms with Crippen LogP contribution in [0.2, 0.25) is 0 Å². The third kappa shape index (κ3) is 3.97. The minimum absolute atomic E-state index is 0.114. The topological polar surface area (TPSA) is 74.8 Å². The number of nitrogens with one attached hydrogen (secondary N) is 2. The molecule has 0 spiro atoms. The van der Waals surface area contributed by atoms with E-state index in [-0.39, 0.29) is 22.7 Å². The molecule has 158 valence electrons. The zero-order valence-corrected chi connectivity index (χ0v) is 19.1. The van der Waals surface area contributed by atoms with Gasteiger partial charge in [-0.2, -0.15) is 0 Å². The highest BCUT2D eigenvalue weighted by Gasteiger charge is 2.42. The van der Waals surface area contributed by atoms with E-state index >= 15 is 0 Å². The number of hydrogen-bond acceptors (Lipinski definition) is 5. The highest BCUT2D eigenvalue weighted by Crippen LogP contribution is 2.47. The fourth-order valence-corrected chi connectivity index (χ4v) is 5.11. The van der Waals surface area contributed by atoms with E-state index in [9.17, 15) is 9.59 Å². The second-order valence-corrected chi connectivity index (χ2v) is 10.6. The van der Waals surface area contributed by atoms with Gasteiger partial charge in [0, 0.05) is 29.4 Å². The molecule has 2 N–H and O–H groups in total. The van der Waals surface area contributed by atoms with E-state index in [0.717, 1.165) is 34.6 Å². The number of ketones is 1. The van der Waals surface area contributed by atoms with E-state index in [1.807, 2.05) is 31.2 Å². The third-order valence-corrected chi connectivity index (χ3v) is 6.96. The highest BCUT2D eigenvalue weighted by molar-refractivity contribution is 7.99. The van der Waals surface area contributed by atoms with Crippen LogP contribution in [0.5, 0.6) is 0 Å². The van der Waals surface area contributed by atoms with Crippen molar-refractivity contribution in [2.75, 3.05) is 11.1 Å². The van der Waals surface area contributed by atoms with Crippen LogP contribution in [0.1, 0.15) is 63.1 Å². The number of carbonyl (C=O) groups is 1. The predicted molar refractivity (Wildman–Crippen MR) is 122 cm³/mol. The molecule has 2 aromatic rings. The van der Waals surface area contributed by atoms with Gasteiger partial charge in [-0.3, -0.25) is 9.59 Å². The summed E-state index contributed by atoms with van der Waals surface area (Å²) in [5.41, 5.74) is 3.99. The first-order valence-corrected chi connectivity index (χ1v) is 11.5. The van der Waals surface area contributed by atoms with Crippen LogP contribution in [0.15, 0.2) is 45.5 Å². The summed E-state index contributed by atoms with van der Waals surface area (Å²) in [6, 6.07) is 8.10. The Morgan fingerprint density at radius 2 is 1.87 bits per heavy atom. The molecule has 0 saturated carbocycles. The number of hydrogen-bond donors (Lipinski definition) is 2. The number of anilines is 1. The average molecular weight is 424 g/mol. The molecule has 0 bridgehead atoms. The predicted octanol–water partition coefficient (Wildman–Crippen LogP) is 5.03. The molecule has 0 fully saturated rings. The molecule has 5 nitrogen and oxygen atoms in total. The van der Waals surface area contributed by atoms with E-state index in [1.165, 1.54) is 0 Å². The fraction of sp³-hybridized carbons (Fsp3) is 0.458. The van der Waals surface area contributed by atoms with Crippen LogP contribution in [-0.4, -0.2) is 21.5 Å². The van der Waals surface area contributed by atoms with Crippen molar-refractivity contribution in [3.63, 3.8) is 0 Å². The van der Waals surface area contributed by atoms with Gasteiger partial charge in [-0.25, -0.2) is 4.98 Å². The van der Waals surface area contributed by atoms with Gasteiger partial charge in [0.25, 0.3) is 5.56 Å². The molecule has 0 radical (unpaired) electrons. The van der Waals surface area contributed by atoms with Gasteiger partial charge in [0.05, 0.1) is 5.56 Å². The number of nitrogens with zero attached hydrogens (tertiary/aromatic N) is 1. The number of H-pyrrole nitrogens is 1. The van der Waals surface area contributed by atoms with Crippen molar-refractivity contribution in [3.05, 3.63) is 62.6 Å². The van der Waals surface area contributed by atoms with Crippen LogP contribution in [0.25, 0.3) is 0 Å². The van der Waals surface area contributed by atoms with Gasteiger partial charge < -0.3 is 10.3 Å². The molecule has 2 heterocycles. The number of benzene rings is 1. The van der Waals surface area contributed by atoms with Crippen LogP contribution in [0.4, 0.5) is 5.82 Å². The van der Waals surface area contributed by atoms with Gasteiger partial charge in [-0.1, -0.05) is 69.3 Å². The zero-order valence-electron chi connectivity index (χ0n) is 18.3. The maximum atomic E-state index is 13.2. The van der Waals surface area contributed by atoms with Crippen LogP contribution in [0.3, 0.4) is 0 Å². The lowest BCUT2D eigenvalue weighted by Crippen LogP contribution is -2.37. The van der Waals surface area contributed by atoms with Gasteiger partial charge in [-0.15, -0.1) is 0 Å². The number of fused-ring (bicyclic) bond motifs is 1. The Labute approximate surface area is 181 Å². The molecule has 0 amide bonds.